The molecule has 0 unspecified atom stereocenters. The number of benzene rings is 1. The van der Waals surface area contributed by atoms with Gasteiger partial charge in [0.15, 0.2) is 0 Å². The summed E-state index contributed by atoms with van der Waals surface area (Å²) in [6.07, 6.45) is 0. The minimum atomic E-state index is -0.175. The zero-order valence-electron chi connectivity index (χ0n) is 10.8. The maximum atomic E-state index is 12.0. The Morgan fingerprint density at radius 2 is 1.67 bits per heavy atom. The third kappa shape index (κ3) is 2.94. The van der Waals surface area contributed by atoms with Gasteiger partial charge in [-0.3, -0.25) is 4.79 Å². The zero-order chi connectivity index (χ0) is 13.1. The maximum absolute atomic E-state index is 12.0. The first kappa shape index (κ1) is 12.3. The van der Waals surface area contributed by atoms with E-state index in [0.717, 1.165) is 22.5 Å². The van der Waals surface area contributed by atoms with Crippen molar-refractivity contribution < 1.29 is 4.79 Å². The highest BCUT2D eigenvalue weighted by Gasteiger charge is 2.08. The molecule has 1 aromatic heterocycles. The first-order valence-corrected chi connectivity index (χ1v) is 5.88. The number of anilines is 1. The van der Waals surface area contributed by atoms with Crippen LogP contribution in [0.2, 0.25) is 0 Å². The molecule has 0 spiro atoms. The molecule has 2 rings (SSSR count). The fraction of sp³-hybridized carbons (Fsp3) is 0.200. The molecule has 0 aliphatic heterocycles. The number of aryl methyl sites for hydroxylation is 3. The average Bonchev–Trinajstić information content (AvgIpc) is 2.31. The summed E-state index contributed by atoms with van der Waals surface area (Å²) in [4.78, 5) is 16.3. The monoisotopic (exact) mass is 240 g/mol. The number of nitrogens with zero attached hydrogens (tertiary/aromatic N) is 1. The highest BCUT2D eigenvalue weighted by molar-refractivity contribution is 6.02. The Balaban J connectivity index is 2.19. The molecule has 0 bridgehead atoms. The summed E-state index contributed by atoms with van der Waals surface area (Å²) in [7, 11) is 0. The molecule has 1 aromatic carbocycles. The molecular formula is C15H16N2O. The van der Waals surface area contributed by atoms with E-state index in [9.17, 15) is 4.79 Å². The fourth-order valence-electron chi connectivity index (χ4n) is 1.79. The van der Waals surface area contributed by atoms with Crippen LogP contribution in [0, 0.1) is 20.8 Å². The van der Waals surface area contributed by atoms with Crippen LogP contribution in [0.4, 0.5) is 5.69 Å². The van der Waals surface area contributed by atoms with Crippen LogP contribution in [0.5, 0.6) is 0 Å². The van der Waals surface area contributed by atoms with Crippen LogP contribution in [0.15, 0.2) is 36.4 Å². The molecule has 0 radical (unpaired) electrons. The number of pyridine rings is 1. The van der Waals surface area contributed by atoms with Crippen LogP contribution in [0.25, 0.3) is 0 Å². The van der Waals surface area contributed by atoms with Gasteiger partial charge in [0, 0.05) is 11.4 Å². The maximum Gasteiger partial charge on any atom is 0.274 e. The van der Waals surface area contributed by atoms with Crippen LogP contribution in [-0.2, 0) is 0 Å². The summed E-state index contributed by atoms with van der Waals surface area (Å²) in [5, 5.41) is 2.84. The SMILES string of the molecule is Cc1ccc(NC(=O)c2cc(C)cc(C)n2)cc1. The summed E-state index contributed by atoms with van der Waals surface area (Å²) < 4.78 is 0. The van der Waals surface area contributed by atoms with Gasteiger partial charge >= 0.3 is 0 Å². The van der Waals surface area contributed by atoms with E-state index in [1.807, 2.05) is 51.1 Å². The number of amides is 1. The first-order valence-electron chi connectivity index (χ1n) is 5.88. The van der Waals surface area contributed by atoms with Gasteiger partial charge in [-0.15, -0.1) is 0 Å². The molecule has 0 saturated heterocycles. The van der Waals surface area contributed by atoms with Crippen molar-refractivity contribution >= 4 is 11.6 Å². The predicted molar refractivity (Wildman–Crippen MR) is 72.8 cm³/mol. The lowest BCUT2D eigenvalue weighted by Gasteiger charge is -2.06. The van der Waals surface area contributed by atoms with Crippen LogP contribution in [-0.4, -0.2) is 10.9 Å². The molecule has 1 N–H and O–H groups in total. The van der Waals surface area contributed by atoms with Crippen LogP contribution in [0.1, 0.15) is 27.3 Å². The molecule has 2 aromatic rings. The zero-order valence-corrected chi connectivity index (χ0v) is 10.8. The number of carbonyl (C=O) groups excluding carboxylic acids is 1. The van der Waals surface area contributed by atoms with Crippen molar-refractivity contribution in [3.63, 3.8) is 0 Å². The van der Waals surface area contributed by atoms with Crippen molar-refractivity contribution in [1.82, 2.24) is 4.98 Å². The van der Waals surface area contributed by atoms with Gasteiger partial charge in [-0.25, -0.2) is 4.98 Å². The number of nitrogens with one attached hydrogen (secondary N) is 1. The number of hydrogen-bond acceptors (Lipinski definition) is 2. The fourth-order valence-corrected chi connectivity index (χ4v) is 1.79. The van der Waals surface area contributed by atoms with E-state index in [4.69, 9.17) is 0 Å². The molecule has 3 heteroatoms. The lowest BCUT2D eigenvalue weighted by Crippen LogP contribution is -2.14. The van der Waals surface area contributed by atoms with Gasteiger partial charge in [0.1, 0.15) is 5.69 Å². The summed E-state index contributed by atoms with van der Waals surface area (Å²) in [5.41, 5.74) is 4.29. The molecule has 1 amide bonds. The lowest BCUT2D eigenvalue weighted by atomic mass is 10.2. The first-order chi connectivity index (χ1) is 8.54. The number of rotatable bonds is 2. The van der Waals surface area contributed by atoms with E-state index in [0.29, 0.717) is 5.69 Å². The Labute approximate surface area is 107 Å². The summed E-state index contributed by atoms with van der Waals surface area (Å²) in [6, 6.07) is 11.4. The second-order valence-electron chi connectivity index (χ2n) is 4.49. The van der Waals surface area contributed by atoms with Gasteiger partial charge in [-0.1, -0.05) is 17.7 Å². The molecule has 1 heterocycles. The van der Waals surface area contributed by atoms with E-state index in [1.165, 1.54) is 0 Å². The summed E-state index contributed by atoms with van der Waals surface area (Å²) in [5.74, 6) is -0.175. The van der Waals surface area contributed by atoms with Gasteiger partial charge < -0.3 is 5.32 Å². The molecule has 0 atom stereocenters. The molecule has 18 heavy (non-hydrogen) atoms. The Bertz CT molecular complexity index is 553. The third-order valence-corrected chi connectivity index (χ3v) is 2.64. The van der Waals surface area contributed by atoms with E-state index in [-0.39, 0.29) is 5.91 Å². The second kappa shape index (κ2) is 5.00. The highest BCUT2D eigenvalue weighted by Crippen LogP contribution is 2.11. The van der Waals surface area contributed by atoms with Gasteiger partial charge in [-0.05, 0) is 50.6 Å². The minimum absolute atomic E-state index is 0.175. The van der Waals surface area contributed by atoms with Crippen LogP contribution < -0.4 is 5.32 Å². The van der Waals surface area contributed by atoms with Gasteiger partial charge in [0.2, 0.25) is 0 Å². The minimum Gasteiger partial charge on any atom is -0.321 e. The standard InChI is InChI=1S/C15H16N2O/c1-10-4-6-13(7-5-10)17-15(18)14-9-11(2)8-12(3)16-14/h4-9H,1-3H3,(H,17,18). The average molecular weight is 240 g/mol. The Hall–Kier alpha value is -2.16. The van der Waals surface area contributed by atoms with Crippen molar-refractivity contribution in [3.05, 3.63) is 58.9 Å². The lowest BCUT2D eigenvalue weighted by molar-refractivity contribution is 0.102. The molecule has 92 valence electrons. The van der Waals surface area contributed by atoms with Crippen molar-refractivity contribution in [2.24, 2.45) is 0 Å². The molecule has 0 aliphatic rings. The van der Waals surface area contributed by atoms with E-state index >= 15 is 0 Å². The number of hydrogen-bond donors (Lipinski definition) is 1. The number of aromatic nitrogens is 1. The van der Waals surface area contributed by atoms with E-state index < -0.39 is 0 Å². The van der Waals surface area contributed by atoms with E-state index in [2.05, 4.69) is 10.3 Å². The Morgan fingerprint density at radius 3 is 2.28 bits per heavy atom. The normalized spacial score (nSPS) is 10.2. The molecular weight excluding hydrogens is 224 g/mol. The Morgan fingerprint density at radius 1 is 1.00 bits per heavy atom. The molecule has 3 nitrogen and oxygen atoms in total. The van der Waals surface area contributed by atoms with Crippen molar-refractivity contribution in [2.75, 3.05) is 5.32 Å². The summed E-state index contributed by atoms with van der Waals surface area (Å²) >= 11 is 0. The van der Waals surface area contributed by atoms with Crippen molar-refractivity contribution in [1.29, 1.82) is 0 Å². The predicted octanol–water partition coefficient (Wildman–Crippen LogP) is 3.26. The quantitative estimate of drug-likeness (QED) is 0.875. The topological polar surface area (TPSA) is 42.0 Å². The van der Waals surface area contributed by atoms with Crippen LogP contribution in [0.3, 0.4) is 0 Å². The highest BCUT2D eigenvalue weighted by atomic mass is 16.1. The van der Waals surface area contributed by atoms with Crippen molar-refractivity contribution in [3.8, 4) is 0 Å². The summed E-state index contributed by atoms with van der Waals surface area (Å²) in [6.45, 7) is 5.85. The smallest absolute Gasteiger partial charge is 0.274 e. The molecule has 0 aliphatic carbocycles. The van der Waals surface area contributed by atoms with E-state index in [1.54, 1.807) is 6.07 Å². The largest absolute Gasteiger partial charge is 0.321 e. The Kier molecular flexibility index (Phi) is 3.42. The third-order valence-electron chi connectivity index (χ3n) is 2.64. The number of carbonyl (C=O) groups is 1. The van der Waals surface area contributed by atoms with Gasteiger partial charge in [-0.2, -0.15) is 0 Å². The second-order valence-corrected chi connectivity index (χ2v) is 4.49. The van der Waals surface area contributed by atoms with Gasteiger partial charge in [0.05, 0.1) is 0 Å². The van der Waals surface area contributed by atoms with Crippen molar-refractivity contribution in [2.45, 2.75) is 20.8 Å². The molecule has 0 saturated carbocycles. The van der Waals surface area contributed by atoms with Gasteiger partial charge in [0.25, 0.3) is 5.91 Å². The van der Waals surface area contributed by atoms with Crippen LogP contribution >= 0.6 is 0 Å². The molecule has 0 fully saturated rings.